The summed E-state index contributed by atoms with van der Waals surface area (Å²) in [4.78, 5) is 12.0. The molecular weight excluding hydrogens is 214 g/mol. The maximum absolute atomic E-state index is 12.0. The molecule has 0 saturated carbocycles. The Kier molecular flexibility index (Phi) is 4.28. The monoisotopic (exact) mass is 231 g/mol. The molecule has 0 spiro atoms. The van der Waals surface area contributed by atoms with Gasteiger partial charge < -0.3 is 4.74 Å². The summed E-state index contributed by atoms with van der Waals surface area (Å²) in [6.45, 7) is 5.87. The van der Waals surface area contributed by atoms with Crippen LogP contribution in [0.5, 0.6) is 0 Å². The molecule has 0 heterocycles. The number of rotatable bonds is 4. The fourth-order valence-electron chi connectivity index (χ4n) is 1.80. The molecule has 3 nitrogen and oxygen atoms in total. The predicted molar refractivity (Wildman–Crippen MR) is 65.4 cm³/mol. The number of ether oxygens (including phenoxy) is 1. The van der Waals surface area contributed by atoms with Gasteiger partial charge in [-0.05, 0) is 31.9 Å². The zero-order chi connectivity index (χ0) is 12.9. The van der Waals surface area contributed by atoms with Gasteiger partial charge in [-0.1, -0.05) is 25.1 Å². The van der Waals surface area contributed by atoms with E-state index in [2.05, 4.69) is 6.07 Å². The fourth-order valence-corrected chi connectivity index (χ4v) is 1.80. The van der Waals surface area contributed by atoms with Crippen LogP contribution in [0, 0.1) is 11.3 Å². The number of esters is 1. The third-order valence-electron chi connectivity index (χ3n) is 3.08. The van der Waals surface area contributed by atoms with E-state index in [0.29, 0.717) is 18.6 Å². The topological polar surface area (TPSA) is 50.1 Å². The van der Waals surface area contributed by atoms with Gasteiger partial charge in [0.2, 0.25) is 0 Å². The van der Waals surface area contributed by atoms with Gasteiger partial charge in [-0.25, -0.2) is 0 Å². The standard InChI is InChI=1S/C14H17NO2/c1-4-14(3,13(16)17-5-2)12-9-7-6-8-11(12)10-15/h6-9H,4-5H2,1-3H3. The van der Waals surface area contributed by atoms with Crippen molar-refractivity contribution in [3.8, 4) is 6.07 Å². The van der Waals surface area contributed by atoms with Crippen LogP contribution in [0.1, 0.15) is 38.3 Å². The van der Waals surface area contributed by atoms with Crippen molar-refractivity contribution in [2.45, 2.75) is 32.6 Å². The Morgan fingerprint density at radius 3 is 2.59 bits per heavy atom. The summed E-state index contributed by atoms with van der Waals surface area (Å²) in [5.74, 6) is -0.273. The first kappa shape index (κ1) is 13.2. The Hall–Kier alpha value is -1.82. The van der Waals surface area contributed by atoms with E-state index in [0.717, 1.165) is 5.56 Å². The molecule has 0 saturated heterocycles. The number of hydrogen-bond donors (Lipinski definition) is 0. The maximum Gasteiger partial charge on any atom is 0.316 e. The number of carbonyl (C=O) groups excluding carboxylic acids is 1. The van der Waals surface area contributed by atoms with Gasteiger partial charge in [0, 0.05) is 0 Å². The summed E-state index contributed by atoms with van der Waals surface area (Å²) < 4.78 is 5.10. The van der Waals surface area contributed by atoms with Crippen LogP contribution >= 0.6 is 0 Å². The average molecular weight is 231 g/mol. The van der Waals surface area contributed by atoms with E-state index in [-0.39, 0.29) is 5.97 Å². The molecule has 0 aliphatic rings. The van der Waals surface area contributed by atoms with E-state index in [9.17, 15) is 4.79 Å². The van der Waals surface area contributed by atoms with Crippen LogP contribution in [0.4, 0.5) is 0 Å². The van der Waals surface area contributed by atoms with E-state index >= 15 is 0 Å². The van der Waals surface area contributed by atoms with E-state index < -0.39 is 5.41 Å². The van der Waals surface area contributed by atoms with Crippen LogP contribution in [-0.4, -0.2) is 12.6 Å². The molecule has 0 radical (unpaired) electrons. The Morgan fingerprint density at radius 2 is 2.06 bits per heavy atom. The SMILES string of the molecule is CCOC(=O)C(C)(CC)c1ccccc1C#N. The molecule has 0 N–H and O–H groups in total. The molecule has 3 heteroatoms. The van der Waals surface area contributed by atoms with E-state index in [1.165, 1.54) is 0 Å². The molecule has 0 aliphatic heterocycles. The maximum atomic E-state index is 12.0. The van der Waals surface area contributed by atoms with Crippen LogP contribution in [0.3, 0.4) is 0 Å². The molecule has 0 amide bonds. The Bertz CT molecular complexity index is 448. The van der Waals surface area contributed by atoms with Crippen LogP contribution in [0.2, 0.25) is 0 Å². The number of carbonyl (C=O) groups is 1. The highest BCUT2D eigenvalue weighted by Crippen LogP contribution is 2.31. The quantitative estimate of drug-likeness (QED) is 0.749. The Balaban J connectivity index is 3.26. The number of nitriles is 1. The van der Waals surface area contributed by atoms with Crippen molar-refractivity contribution in [1.29, 1.82) is 5.26 Å². The summed E-state index contributed by atoms with van der Waals surface area (Å²) in [6.07, 6.45) is 0.602. The van der Waals surface area contributed by atoms with Crippen molar-refractivity contribution in [2.24, 2.45) is 0 Å². The minimum absolute atomic E-state index is 0.273. The minimum Gasteiger partial charge on any atom is -0.465 e. The van der Waals surface area contributed by atoms with Crippen LogP contribution < -0.4 is 0 Å². The lowest BCUT2D eigenvalue weighted by Crippen LogP contribution is -2.34. The average Bonchev–Trinajstić information content (AvgIpc) is 2.38. The molecule has 1 aromatic rings. The predicted octanol–water partition coefficient (Wildman–Crippen LogP) is 2.79. The van der Waals surface area contributed by atoms with Crippen molar-refractivity contribution in [3.63, 3.8) is 0 Å². The van der Waals surface area contributed by atoms with E-state index in [1.54, 1.807) is 19.1 Å². The zero-order valence-electron chi connectivity index (χ0n) is 10.5. The highest BCUT2D eigenvalue weighted by atomic mass is 16.5. The van der Waals surface area contributed by atoms with Gasteiger partial charge in [-0.15, -0.1) is 0 Å². The first-order chi connectivity index (χ1) is 8.10. The molecule has 1 atom stereocenters. The van der Waals surface area contributed by atoms with Gasteiger partial charge in [0.25, 0.3) is 0 Å². The van der Waals surface area contributed by atoms with E-state index in [1.807, 2.05) is 26.0 Å². The molecule has 17 heavy (non-hydrogen) atoms. The zero-order valence-corrected chi connectivity index (χ0v) is 10.5. The van der Waals surface area contributed by atoms with Crippen LogP contribution in [0.25, 0.3) is 0 Å². The number of hydrogen-bond acceptors (Lipinski definition) is 3. The molecule has 1 aromatic carbocycles. The summed E-state index contributed by atoms with van der Waals surface area (Å²) in [7, 11) is 0. The van der Waals surface area contributed by atoms with Gasteiger partial charge in [0.15, 0.2) is 0 Å². The van der Waals surface area contributed by atoms with Gasteiger partial charge in [-0.2, -0.15) is 5.26 Å². The molecule has 90 valence electrons. The van der Waals surface area contributed by atoms with Crippen molar-refractivity contribution >= 4 is 5.97 Å². The second-order valence-corrected chi connectivity index (χ2v) is 4.06. The first-order valence-corrected chi connectivity index (χ1v) is 5.77. The molecule has 0 bridgehead atoms. The van der Waals surface area contributed by atoms with Crippen molar-refractivity contribution in [1.82, 2.24) is 0 Å². The summed E-state index contributed by atoms with van der Waals surface area (Å²) in [5.41, 5.74) is 0.524. The highest BCUT2D eigenvalue weighted by Gasteiger charge is 2.36. The summed E-state index contributed by atoms with van der Waals surface area (Å²) >= 11 is 0. The third-order valence-corrected chi connectivity index (χ3v) is 3.08. The van der Waals surface area contributed by atoms with E-state index in [4.69, 9.17) is 10.00 Å². The second kappa shape index (κ2) is 5.49. The molecule has 0 aliphatic carbocycles. The minimum atomic E-state index is -0.748. The third kappa shape index (κ3) is 2.47. The smallest absolute Gasteiger partial charge is 0.316 e. The van der Waals surface area contributed by atoms with Gasteiger partial charge in [0.05, 0.1) is 23.7 Å². The first-order valence-electron chi connectivity index (χ1n) is 5.77. The molecular formula is C14H17NO2. The van der Waals surface area contributed by atoms with Gasteiger partial charge in [-0.3, -0.25) is 4.79 Å². The normalized spacial score (nSPS) is 13.5. The highest BCUT2D eigenvalue weighted by molar-refractivity contribution is 5.83. The molecule has 1 unspecified atom stereocenters. The fraction of sp³-hybridized carbons (Fsp3) is 0.429. The van der Waals surface area contributed by atoms with Crippen LogP contribution in [0.15, 0.2) is 24.3 Å². The molecule has 0 fully saturated rings. The number of nitrogens with zero attached hydrogens (tertiary/aromatic N) is 1. The van der Waals surface area contributed by atoms with Gasteiger partial charge >= 0.3 is 5.97 Å². The van der Waals surface area contributed by atoms with Crippen molar-refractivity contribution in [3.05, 3.63) is 35.4 Å². The lowest BCUT2D eigenvalue weighted by Gasteiger charge is -2.27. The largest absolute Gasteiger partial charge is 0.465 e. The molecule has 0 aromatic heterocycles. The van der Waals surface area contributed by atoms with Crippen molar-refractivity contribution in [2.75, 3.05) is 6.61 Å². The lowest BCUT2D eigenvalue weighted by atomic mass is 9.78. The number of benzene rings is 1. The van der Waals surface area contributed by atoms with Gasteiger partial charge in [0.1, 0.15) is 0 Å². The van der Waals surface area contributed by atoms with Crippen LogP contribution in [-0.2, 0) is 14.9 Å². The Morgan fingerprint density at radius 1 is 1.41 bits per heavy atom. The van der Waals surface area contributed by atoms with Crippen molar-refractivity contribution < 1.29 is 9.53 Å². The lowest BCUT2D eigenvalue weighted by molar-refractivity contribution is -0.149. The summed E-state index contributed by atoms with van der Waals surface area (Å²) in [6, 6.07) is 9.30. The summed E-state index contributed by atoms with van der Waals surface area (Å²) in [5, 5.41) is 9.09. The second-order valence-electron chi connectivity index (χ2n) is 4.06. The molecule has 1 rings (SSSR count). The Labute approximate surface area is 102 Å².